The zero-order chi connectivity index (χ0) is 21.1. The maximum absolute atomic E-state index is 6.11. The number of aryl methyl sites for hydroxylation is 1. The molecule has 2 aromatic carbocycles. The molecule has 4 nitrogen and oxygen atoms in total. The summed E-state index contributed by atoms with van der Waals surface area (Å²) in [7, 11) is 0. The predicted octanol–water partition coefficient (Wildman–Crippen LogP) is 4.84. The smallest absolute Gasteiger partial charge is 0.119 e. The summed E-state index contributed by atoms with van der Waals surface area (Å²) >= 11 is 0. The maximum Gasteiger partial charge on any atom is 0.119 e. The van der Waals surface area contributed by atoms with Gasteiger partial charge in [-0.2, -0.15) is 0 Å². The van der Waals surface area contributed by atoms with Crippen LogP contribution in [-0.2, 0) is 12.8 Å². The normalized spacial score (nSPS) is 18.1. The van der Waals surface area contributed by atoms with Crippen LogP contribution in [0.4, 0.5) is 5.69 Å². The molecule has 0 radical (unpaired) electrons. The topological polar surface area (TPSA) is 27.7 Å². The minimum absolute atomic E-state index is 0.831. The van der Waals surface area contributed by atoms with E-state index in [-0.39, 0.29) is 0 Å². The third kappa shape index (κ3) is 7.26. The van der Waals surface area contributed by atoms with E-state index in [9.17, 15) is 0 Å². The zero-order valence-corrected chi connectivity index (χ0v) is 19.0. The number of hydrogen-bond donors (Lipinski definition) is 1. The van der Waals surface area contributed by atoms with Crippen molar-refractivity contribution in [3.63, 3.8) is 0 Å². The number of anilines is 1. The van der Waals surface area contributed by atoms with Crippen LogP contribution in [0.1, 0.15) is 43.2 Å². The Morgan fingerprint density at radius 3 is 2.42 bits per heavy atom. The van der Waals surface area contributed by atoms with E-state index < -0.39 is 0 Å². The van der Waals surface area contributed by atoms with Crippen LogP contribution < -0.4 is 10.1 Å². The van der Waals surface area contributed by atoms with Crippen molar-refractivity contribution in [2.24, 2.45) is 0 Å². The second kappa shape index (κ2) is 12.1. The first-order chi connectivity index (χ1) is 15.4. The molecule has 0 saturated carbocycles. The van der Waals surface area contributed by atoms with Crippen LogP contribution in [0.3, 0.4) is 0 Å². The highest BCUT2D eigenvalue weighted by molar-refractivity contribution is 5.42. The Hall–Kier alpha value is -2.04. The molecule has 0 unspecified atom stereocenters. The molecule has 0 aromatic heterocycles. The number of benzene rings is 2. The van der Waals surface area contributed by atoms with Gasteiger partial charge in [0, 0.05) is 31.9 Å². The van der Waals surface area contributed by atoms with Gasteiger partial charge in [0.2, 0.25) is 0 Å². The van der Waals surface area contributed by atoms with Gasteiger partial charge in [0.05, 0.1) is 6.61 Å². The highest BCUT2D eigenvalue weighted by atomic mass is 16.5. The number of fused-ring (bicyclic) bond motifs is 1. The third-order valence-corrected chi connectivity index (χ3v) is 6.66. The lowest BCUT2D eigenvalue weighted by Crippen LogP contribution is -2.33. The lowest BCUT2D eigenvalue weighted by molar-refractivity contribution is 0.205. The van der Waals surface area contributed by atoms with Crippen LogP contribution in [0, 0.1) is 0 Å². The molecule has 0 aliphatic carbocycles. The number of rotatable bonds is 9. The van der Waals surface area contributed by atoms with E-state index in [0.29, 0.717) is 0 Å². The zero-order valence-electron chi connectivity index (χ0n) is 19.0. The molecule has 2 aromatic rings. The minimum atomic E-state index is 0.831. The first kappa shape index (κ1) is 22.2. The van der Waals surface area contributed by atoms with Crippen LogP contribution in [0.25, 0.3) is 0 Å². The standard InChI is InChI=1S/C27H39N3O/c1-3-10-26(11-4-1)28-15-21-30-18-7-9-25-23-27(13-12-24(25)14-20-30)31-22-8-19-29-16-5-2-6-17-29/h1,3-4,10-13,23,28H,2,5-9,14-22H2. The van der Waals surface area contributed by atoms with Crippen LogP contribution in [0.2, 0.25) is 0 Å². The van der Waals surface area contributed by atoms with Crippen molar-refractivity contribution in [3.05, 3.63) is 59.7 Å². The Bertz CT molecular complexity index is 773. The molecule has 1 N–H and O–H groups in total. The quantitative estimate of drug-likeness (QED) is 0.586. The SMILES string of the molecule is c1ccc(NCCN2CCCc3cc(OCCCN4CCCCC4)ccc3CC2)cc1. The predicted molar refractivity (Wildman–Crippen MR) is 130 cm³/mol. The molecule has 2 aliphatic rings. The number of hydrogen-bond acceptors (Lipinski definition) is 4. The summed E-state index contributed by atoms with van der Waals surface area (Å²) in [6.07, 6.45) is 8.78. The first-order valence-electron chi connectivity index (χ1n) is 12.3. The molecule has 0 bridgehead atoms. The van der Waals surface area contributed by atoms with Crippen LogP contribution >= 0.6 is 0 Å². The third-order valence-electron chi connectivity index (χ3n) is 6.66. The van der Waals surface area contributed by atoms with Gasteiger partial charge in [-0.05, 0) is 93.6 Å². The van der Waals surface area contributed by atoms with Crippen LogP contribution in [0.15, 0.2) is 48.5 Å². The monoisotopic (exact) mass is 421 g/mol. The van der Waals surface area contributed by atoms with Crippen molar-refractivity contribution in [1.82, 2.24) is 9.80 Å². The van der Waals surface area contributed by atoms with Crippen molar-refractivity contribution < 1.29 is 4.74 Å². The van der Waals surface area contributed by atoms with E-state index in [2.05, 4.69) is 63.6 Å². The first-order valence-corrected chi connectivity index (χ1v) is 12.3. The largest absolute Gasteiger partial charge is 0.494 e. The van der Waals surface area contributed by atoms with Gasteiger partial charge in [0.15, 0.2) is 0 Å². The summed E-state index contributed by atoms with van der Waals surface area (Å²) in [4.78, 5) is 5.19. The maximum atomic E-state index is 6.11. The molecule has 1 fully saturated rings. The van der Waals surface area contributed by atoms with Crippen molar-refractivity contribution in [1.29, 1.82) is 0 Å². The van der Waals surface area contributed by atoms with Gasteiger partial charge >= 0.3 is 0 Å². The Labute approximate surface area is 188 Å². The molecule has 0 amide bonds. The molecule has 0 spiro atoms. The Morgan fingerprint density at radius 1 is 0.742 bits per heavy atom. The highest BCUT2D eigenvalue weighted by Gasteiger charge is 2.13. The van der Waals surface area contributed by atoms with Gasteiger partial charge in [-0.1, -0.05) is 30.7 Å². The summed E-state index contributed by atoms with van der Waals surface area (Å²) in [5.41, 5.74) is 4.21. The van der Waals surface area contributed by atoms with E-state index in [1.165, 1.54) is 68.7 Å². The molecule has 1 saturated heterocycles. The second-order valence-electron chi connectivity index (χ2n) is 9.02. The Morgan fingerprint density at radius 2 is 1.55 bits per heavy atom. The van der Waals surface area contributed by atoms with Crippen molar-refractivity contribution in [3.8, 4) is 5.75 Å². The molecular weight excluding hydrogens is 382 g/mol. The van der Waals surface area contributed by atoms with E-state index >= 15 is 0 Å². The minimum Gasteiger partial charge on any atom is -0.494 e. The lowest BCUT2D eigenvalue weighted by Gasteiger charge is -2.26. The number of ether oxygens (including phenoxy) is 1. The molecule has 4 heteroatoms. The van der Waals surface area contributed by atoms with Gasteiger partial charge in [0.25, 0.3) is 0 Å². The fourth-order valence-electron chi connectivity index (χ4n) is 4.85. The van der Waals surface area contributed by atoms with Crippen LogP contribution in [0.5, 0.6) is 5.75 Å². The van der Waals surface area contributed by atoms with Crippen molar-refractivity contribution >= 4 is 5.69 Å². The summed E-state index contributed by atoms with van der Waals surface area (Å²) < 4.78 is 6.11. The van der Waals surface area contributed by atoms with E-state index in [0.717, 1.165) is 51.3 Å². The summed E-state index contributed by atoms with van der Waals surface area (Å²) in [5, 5.41) is 3.54. The van der Waals surface area contributed by atoms with Gasteiger partial charge in [-0.15, -0.1) is 0 Å². The van der Waals surface area contributed by atoms with Gasteiger partial charge < -0.3 is 19.9 Å². The van der Waals surface area contributed by atoms with E-state index in [4.69, 9.17) is 4.74 Å². The average molecular weight is 422 g/mol. The second-order valence-corrected chi connectivity index (χ2v) is 9.02. The number of para-hydroxylation sites is 1. The molecule has 168 valence electrons. The number of piperidine rings is 1. The van der Waals surface area contributed by atoms with Crippen LogP contribution in [-0.4, -0.2) is 62.2 Å². The lowest BCUT2D eigenvalue weighted by atomic mass is 9.98. The van der Waals surface area contributed by atoms with Gasteiger partial charge in [-0.3, -0.25) is 0 Å². The highest BCUT2D eigenvalue weighted by Crippen LogP contribution is 2.22. The summed E-state index contributed by atoms with van der Waals surface area (Å²) in [6.45, 7) is 8.98. The summed E-state index contributed by atoms with van der Waals surface area (Å²) in [5.74, 6) is 1.06. The fourth-order valence-corrected chi connectivity index (χ4v) is 4.85. The molecule has 2 heterocycles. The summed E-state index contributed by atoms with van der Waals surface area (Å²) in [6, 6.07) is 17.3. The molecule has 2 aliphatic heterocycles. The van der Waals surface area contributed by atoms with E-state index in [1.807, 2.05) is 0 Å². The van der Waals surface area contributed by atoms with Crippen molar-refractivity contribution in [2.45, 2.75) is 44.9 Å². The number of nitrogens with zero attached hydrogens (tertiary/aromatic N) is 2. The number of nitrogens with one attached hydrogen (secondary N) is 1. The van der Waals surface area contributed by atoms with E-state index in [1.54, 1.807) is 0 Å². The Kier molecular flexibility index (Phi) is 8.66. The molecule has 31 heavy (non-hydrogen) atoms. The average Bonchev–Trinajstić information content (AvgIpc) is 2.80. The van der Waals surface area contributed by atoms with Crippen molar-refractivity contribution in [2.75, 3.05) is 57.7 Å². The molecular formula is C27H39N3O. The fraction of sp³-hybridized carbons (Fsp3) is 0.556. The van der Waals surface area contributed by atoms with Gasteiger partial charge in [-0.25, -0.2) is 0 Å². The molecule has 0 atom stereocenters. The molecule has 4 rings (SSSR count). The van der Waals surface area contributed by atoms with Gasteiger partial charge in [0.1, 0.15) is 5.75 Å². The Balaban J connectivity index is 1.19. The number of likely N-dealkylation sites (tertiary alicyclic amines) is 1.